The van der Waals surface area contributed by atoms with Crippen LogP contribution in [0.5, 0.6) is 0 Å². The molecule has 33 heavy (non-hydrogen) atoms. The summed E-state index contributed by atoms with van der Waals surface area (Å²) in [5.74, 6) is -1.00. The summed E-state index contributed by atoms with van der Waals surface area (Å²) in [5.41, 5.74) is 0.617. The highest BCUT2D eigenvalue weighted by Gasteiger charge is 2.34. The second kappa shape index (κ2) is 11.8. The Morgan fingerprint density at radius 2 is 1.91 bits per heavy atom. The van der Waals surface area contributed by atoms with Crippen molar-refractivity contribution in [1.29, 1.82) is 5.26 Å². The molecule has 1 aromatic heterocycles. The molecule has 1 fully saturated rings. The Bertz CT molecular complexity index is 1100. The second-order valence-corrected chi connectivity index (χ2v) is 10.9. The monoisotopic (exact) mass is 486 g/mol. The summed E-state index contributed by atoms with van der Waals surface area (Å²) in [5, 5.41) is 14.0. The molecule has 1 aromatic carbocycles. The first-order chi connectivity index (χ1) is 15.9. The van der Waals surface area contributed by atoms with Gasteiger partial charge in [-0.3, -0.25) is 14.6 Å². The zero-order valence-corrected chi connectivity index (χ0v) is 19.7. The first kappa shape index (κ1) is 24.7. The van der Waals surface area contributed by atoms with Gasteiger partial charge in [0, 0.05) is 17.0 Å². The Morgan fingerprint density at radius 1 is 1.15 bits per heavy atom. The average Bonchev–Trinajstić information content (AvgIpc) is 2.82. The van der Waals surface area contributed by atoms with Gasteiger partial charge in [-0.2, -0.15) is 5.26 Å². The summed E-state index contributed by atoms with van der Waals surface area (Å²) >= 11 is 1.31. The zero-order chi connectivity index (χ0) is 23.7. The van der Waals surface area contributed by atoms with Crippen LogP contribution in [0.4, 0.5) is 5.69 Å². The molecule has 0 radical (unpaired) electrons. The predicted molar refractivity (Wildman–Crippen MR) is 126 cm³/mol. The number of nitrogens with one attached hydrogen (secondary N) is 2. The molecule has 0 spiro atoms. The molecule has 1 aliphatic carbocycles. The topological polar surface area (TPSA) is 129 Å². The Hall–Kier alpha value is -2.90. The number of anilines is 1. The molecule has 2 aromatic rings. The molecule has 8 nitrogen and oxygen atoms in total. The normalized spacial score (nSPS) is 18.2. The van der Waals surface area contributed by atoms with Crippen molar-refractivity contribution in [3.63, 3.8) is 0 Å². The molecule has 1 heterocycles. The van der Waals surface area contributed by atoms with Crippen LogP contribution in [0, 0.1) is 23.2 Å². The van der Waals surface area contributed by atoms with Crippen LogP contribution in [-0.2, 0) is 19.4 Å². The minimum atomic E-state index is -3.58. The number of pyridine rings is 1. The molecule has 0 saturated heterocycles. The number of benzene rings is 1. The van der Waals surface area contributed by atoms with Crippen LogP contribution < -0.4 is 10.6 Å². The van der Waals surface area contributed by atoms with Gasteiger partial charge >= 0.3 is 0 Å². The van der Waals surface area contributed by atoms with Crippen LogP contribution in [0.15, 0.2) is 58.6 Å². The molecule has 174 valence electrons. The van der Waals surface area contributed by atoms with Gasteiger partial charge in [0.2, 0.25) is 11.8 Å². The lowest BCUT2D eigenvalue weighted by Crippen LogP contribution is -2.39. The van der Waals surface area contributed by atoms with E-state index in [9.17, 15) is 18.0 Å². The number of aromatic nitrogens is 1. The van der Waals surface area contributed by atoms with E-state index in [0.29, 0.717) is 18.5 Å². The predicted octanol–water partition coefficient (Wildman–Crippen LogP) is 3.03. The van der Waals surface area contributed by atoms with E-state index in [1.807, 2.05) is 6.07 Å². The number of nitriles is 1. The minimum Gasteiger partial charge on any atom is -0.343 e. The molecular formula is C23H26N4O4S2. The van der Waals surface area contributed by atoms with Gasteiger partial charge in [0.15, 0.2) is 9.84 Å². The van der Waals surface area contributed by atoms with Gasteiger partial charge in [-0.05, 0) is 55.2 Å². The minimum absolute atomic E-state index is 0.0752. The molecule has 2 atom stereocenters. The van der Waals surface area contributed by atoms with Gasteiger partial charge < -0.3 is 10.6 Å². The summed E-state index contributed by atoms with van der Waals surface area (Å²) in [6.45, 7) is -0.0752. The van der Waals surface area contributed by atoms with E-state index in [2.05, 4.69) is 15.6 Å². The van der Waals surface area contributed by atoms with E-state index in [4.69, 9.17) is 5.26 Å². The molecule has 0 aliphatic heterocycles. The number of thioether (sulfide) groups is 1. The van der Waals surface area contributed by atoms with Crippen LogP contribution in [0.25, 0.3) is 0 Å². The SMILES string of the molecule is N#CCNC(=O)[C@@H]1CCCC[C@H]1CS(=O)(=O)c1ccc(SCC(=O)Nc2cccnc2)cc1. The third kappa shape index (κ3) is 7.30. The fraction of sp³-hybridized carbons (Fsp3) is 0.391. The average molecular weight is 487 g/mol. The molecule has 1 saturated carbocycles. The molecular weight excluding hydrogens is 460 g/mol. The van der Waals surface area contributed by atoms with Crippen molar-refractivity contribution in [2.45, 2.75) is 35.5 Å². The molecule has 2 N–H and O–H groups in total. The van der Waals surface area contributed by atoms with Gasteiger partial charge in [0.05, 0.1) is 34.4 Å². The summed E-state index contributed by atoms with van der Waals surface area (Å²) in [6.07, 6.45) is 6.25. The Balaban J connectivity index is 1.57. The smallest absolute Gasteiger partial charge is 0.234 e. The lowest BCUT2D eigenvalue weighted by atomic mass is 9.80. The van der Waals surface area contributed by atoms with Crippen molar-refractivity contribution >= 4 is 39.1 Å². The molecule has 0 bridgehead atoms. The number of nitrogens with zero attached hydrogens (tertiary/aromatic N) is 2. The van der Waals surface area contributed by atoms with E-state index in [1.165, 1.54) is 11.8 Å². The van der Waals surface area contributed by atoms with Crippen molar-refractivity contribution < 1.29 is 18.0 Å². The quantitative estimate of drug-likeness (QED) is 0.412. The summed E-state index contributed by atoms with van der Waals surface area (Å²) in [6, 6.07) is 11.8. The van der Waals surface area contributed by atoms with Gasteiger partial charge in [-0.1, -0.05) is 12.8 Å². The maximum atomic E-state index is 13.0. The summed E-state index contributed by atoms with van der Waals surface area (Å²) in [7, 11) is -3.58. The van der Waals surface area contributed by atoms with E-state index >= 15 is 0 Å². The van der Waals surface area contributed by atoms with Gasteiger partial charge in [-0.25, -0.2) is 8.42 Å². The van der Waals surface area contributed by atoms with E-state index in [0.717, 1.165) is 17.7 Å². The van der Waals surface area contributed by atoms with Crippen molar-refractivity contribution in [3.05, 3.63) is 48.8 Å². The summed E-state index contributed by atoms with van der Waals surface area (Å²) < 4.78 is 26.0. The van der Waals surface area contributed by atoms with Gasteiger partial charge in [0.25, 0.3) is 0 Å². The first-order valence-electron chi connectivity index (χ1n) is 10.7. The van der Waals surface area contributed by atoms with Gasteiger partial charge in [0.1, 0.15) is 6.54 Å². The highest BCUT2D eigenvalue weighted by Crippen LogP contribution is 2.33. The second-order valence-electron chi connectivity index (χ2n) is 7.86. The largest absolute Gasteiger partial charge is 0.343 e. The third-order valence-electron chi connectivity index (χ3n) is 5.52. The molecule has 2 amide bonds. The van der Waals surface area contributed by atoms with Crippen LogP contribution in [0.2, 0.25) is 0 Å². The number of carbonyl (C=O) groups excluding carboxylic acids is 2. The molecule has 3 rings (SSSR count). The highest BCUT2D eigenvalue weighted by molar-refractivity contribution is 8.00. The Kier molecular flexibility index (Phi) is 8.86. The lowest BCUT2D eigenvalue weighted by Gasteiger charge is -2.30. The maximum absolute atomic E-state index is 13.0. The number of hydrogen-bond acceptors (Lipinski definition) is 7. The first-order valence-corrected chi connectivity index (χ1v) is 13.3. The fourth-order valence-corrected chi connectivity index (χ4v) is 6.32. The molecule has 0 unspecified atom stereocenters. The standard InChI is InChI=1S/C23H26N4O4S2/c24-11-13-26-23(29)21-6-2-1-4-17(21)16-33(30,31)20-9-7-19(8-10-20)32-15-22(28)27-18-5-3-12-25-14-18/h3,5,7-10,12,14,17,21H,1-2,4,6,13,15-16H2,(H,26,29)(H,27,28)/t17-,21+/m0/s1. The number of carbonyl (C=O) groups is 2. The fourth-order valence-electron chi connectivity index (χ4n) is 3.91. The van der Waals surface area contributed by atoms with E-state index in [1.54, 1.807) is 48.8 Å². The van der Waals surface area contributed by atoms with Crippen LogP contribution >= 0.6 is 11.8 Å². The summed E-state index contributed by atoms with van der Waals surface area (Å²) in [4.78, 5) is 29.4. The van der Waals surface area contributed by atoms with Crippen LogP contribution in [0.3, 0.4) is 0 Å². The Morgan fingerprint density at radius 3 is 2.61 bits per heavy atom. The maximum Gasteiger partial charge on any atom is 0.234 e. The zero-order valence-electron chi connectivity index (χ0n) is 18.1. The van der Waals surface area contributed by atoms with Crippen molar-refractivity contribution in [3.8, 4) is 6.07 Å². The molecule has 10 heteroatoms. The number of hydrogen-bond donors (Lipinski definition) is 2. The van der Waals surface area contributed by atoms with E-state index < -0.39 is 15.8 Å². The number of sulfone groups is 1. The van der Waals surface area contributed by atoms with E-state index in [-0.39, 0.29) is 40.7 Å². The van der Waals surface area contributed by atoms with Crippen molar-refractivity contribution in [2.24, 2.45) is 11.8 Å². The highest BCUT2D eigenvalue weighted by atomic mass is 32.2. The number of amides is 2. The van der Waals surface area contributed by atoms with Crippen molar-refractivity contribution in [2.75, 3.05) is 23.4 Å². The third-order valence-corrected chi connectivity index (χ3v) is 8.39. The van der Waals surface area contributed by atoms with Crippen LogP contribution in [0.1, 0.15) is 25.7 Å². The van der Waals surface area contributed by atoms with Crippen molar-refractivity contribution in [1.82, 2.24) is 10.3 Å². The van der Waals surface area contributed by atoms with Crippen LogP contribution in [-0.4, -0.2) is 43.3 Å². The lowest BCUT2D eigenvalue weighted by molar-refractivity contribution is -0.127. The number of rotatable bonds is 9. The van der Waals surface area contributed by atoms with Gasteiger partial charge in [-0.15, -0.1) is 11.8 Å². The molecule has 1 aliphatic rings. The Labute approximate surface area is 198 Å².